The first-order chi connectivity index (χ1) is 12.5. The molecule has 0 spiro atoms. The number of rotatable bonds is 3. The second kappa shape index (κ2) is 6.70. The summed E-state index contributed by atoms with van der Waals surface area (Å²) in [6, 6.07) is 11.8. The van der Waals surface area contributed by atoms with Gasteiger partial charge in [-0.05, 0) is 48.6 Å². The van der Waals surface area contributed by atoms with Crippen LogP contribution in [0.3, 0.4) is 0 Å². The van der Waals surface area contributed by atoms with E-state index in [0.717, 1.165) is 32.3 Å². The number of aryl methyl sites for hydroxylation is 1. The molecule has 1 aliphatic heterocycles. The van der Waals surface area contributed by atoms with E-state index in [1.807, 2.05) is 49.6 Å². The van der Waals surface area contributed by atoms with Crippen molar-refractivity contribution in [2.24, 2.45) is 0 Å². The van der Waals surface area contributed by atoms with Crippen LogP contribution in [0.25, 0.3) is 0 Å². The third kappa shape index (κ3) is 3.06. The molecule has 4 nitrogen and oxygen atoms in total. The Hall–Kier alpha value is -2.44. The van der Waals surface area contributed by atoms with Crippen molar-refractivity contribution in [3.8, 4) is 0 Å². The lowest BCUT2D eigenvalue weighted by Crippen LogP contribution is -2.22. The van der Waals surface area contributed by atoms with Crippen LogP contribution in [-0.2, 0) is 4.79 Å². The monoisotopic (exact) mass is 382 g/mol. The summed E-state index contributed by atoms with van der Waals surface area (Å²) in [6.45, 7) is 3.98. The van der Waals surface area contributed by atoms with Crippen molar-refractivity contribution in [3.05, 3.63) is 68.2 Å². The summed E-state index contributed by atoms with van der Waals surface area (Å²) in [5, 5.41) is 8.72. The van der Waals surface area contributed by atoms with Crippen molar-refractivity contribution in [1.82, 2.24) is 0 Å². The van der Waals surface area contributed by atoms with Crippen molar-refractivity contribution >= 4 is 45.2 Å². The maximum Gasteiger partial charge on any atom is 0.266 e. The van der Waals surface area contributed by atoms with Gasteiger partial charge in [0.15, 0.2) is 0 Å². The van der Waals surface area contributed by atoms with Gasteiger partial charge >= 0.3 is 0 Å². The molecule has 0 saturated heterocycles. The van der Waals surface area contributed by atoms with Crippen molar-refractivity contribution in [3.63, 3.8) is 0 Å². The number of amides is 2. The van der Waals surface area contributed by atoms with Gasteiger partial charge in [0.1, 0.15) is 0 Å². The Balaban J connectivity index is 1.69. The lowest BCUT2D eigenvalue weighted by atomic mass is 9.89. The summed E-state index contributed by atoms with van der Waals surface area (Å²) in [5.41, 5.74) is 3.94. The quantitative estimate of drug-likeness (QED) is 0.658. The molecule has 4 rings (SSSR count). The molecule has 0 saturated carbocycles. The van der Waals surface area contributed by atoms with Crippen molar-refractivity contribution < 1.29 is 9.59 Å². The third-order valence-corrected chi connectivity index (χ3v) is 6.79. The molecular formula is C20H18N2O2S2. The van der Waals surface area contributed by atoms with Gasteiger partial charge in [-0.25, -0.2) is 0 Å². The number of hydrogen-bond donors (Lipinski definition) is 2. The number of anilines is 2. The van der Waals surface area contributed by atoms with E-state index in [4.69, 9.17) is 0 Å². The molecule has 3 heterocycles. The fourth-order valence-corrected chi connectivity index (χ4v) is 5.30. The van der Waals surface area contributed by atoms with Crippen LogP contribution in [0.5, 0.6) is 0 Å². The van der Waals surface area contributed by atoms with E-state index in [-0.39, 0.29) is 17.7 Å². The van der Waals surface area contributed by atoms with Gasteiger partial charge in [-0.2, -0.15) is 0 Å². The summed E-state index contributed by atoms with van der Waals surface area (Å²) < 4.78 is 0. The number of carbonyl (C=O) groups excluding carboxylic acids is 2. The molecule has 26 heavy (non-hydrogen) atoms. The Bertz CT molecular complexity index is 972. The van der Waals surface area contributed by atoms with Crippen molar-refractivity contribution in [2.75, 3.05) is 10.6 Å². The molecule has 132 valence electrons. The Morgan fingerprint density at radius 3 is 2.65 bits per heavy atom. The number of nitrogens with one attached hydrogen (secondary N) is 2. The van der Waals surface area contributed by atoms with Crippen molar-refractivity contribution in [1.29, 1.82) is 0 Å². The Labute approximate surface area is 159 Å². The van der Waals surface area contributed by atoms with Crippen LogP contribution in [0, 0.1) is 13.8 Å². The van der Waals surface area contributed by atoms with Gasteiger partial charge in [-0.1, -0.05) is 23.8 Å². The molecule has 6 heteroatoms. The maximum atomic E-state index is 12.8. The highest BCUT2D eigenvalue weighted by Gasteiger charge is 2.33. The van der Waals surface area contributed by atoms with Crippen LogP contribution in [0.2, 0.25) is 0 Å². The molecular weight excluding hydrogens is 364 g/mol. The summed E-state index contributed by atoms with van der Waals surface area (Å²) in [5.74, 6) is -0.108. The Kier molecular flexibility index (Phi) is 4.38. The molecule has 0 radical (unpaired) electrons. The third-order valence-electron chi connectivity index (χ3n) is 4.59. The summed E-state index contributed by atoms with van der Waals surface area (Å²) in [7, 11) is 0. The summed E-state index contributed by atoms with van der Waals surface area (Å²) in [4.78, 5) is 26.8. The Morgan fingerprint density at radius 2 is 1.96 bits per heavy atom. The number of carbonyl (C=O) groups is 2. The predicted molar refractivity (Wildman–Crippen MR) is 108 cm³/mol. The highest BCUT2D eigenvalue weighted by Crippen LogP contribution is 2.46. The summed E-state index contributed by atoms with van der Waals surface area (Å²) in [6.07, 6.45) is 0.421. The van der Waals surface area contributed by atoms with E-state index in [9.17, 15) is 9.59 Å². The molecule has 2 aromatic heterocycles. The van der Waals surface area contributed by atoms with Gasteiger partial charge in [0.2, 0.25) is 5.91 Å². The van der Waals surface area contributed by atoms with Crippen LogP contribution in [0.4, 0.5) is 10.7 Å². The van der Waals surface area contributed by atoms with Crippen LogP contribution in [-0.4, -0.2) is 11.8 Å². The summed E-state index contributed by atoms with van der Waals surface area (Å²) >= 11 is 3.01. The molecule has 0 bridgehead atoms. The zero-order chi connectivity index (χ0) is 18.3. The topological polar surface area (TPSA) is 58.2 Å². The smallest absolute Gasteiger partial charge is 0.266 e. The highest BCUT2D eigenvalue weighted by atomic mass is 32.1. The standard InChI is InChI=1S/C20H18N2O2S2/c1-11-5-7-13(8-6-11)21-19(24)18-12(2)17-14(15-4-3-9-25-15)10-16(23)22-20(17)26-18/h3-9,14H,10H2,1-2H3,(H,21,24)(H,22,23)/t14-/m1/s1. The lowest BCUT2D eigenvalue weighted by Gasteiger charge is -2.22. The molecule has 3 aromatic rings. The van der Waals surface area contributed by atoms with Crippen LogP contribution < -0.4 is 10.6 Å². The Morgan fingerprint density at radius 1 is 1.19 bits per heavy atom. The molecule has 0 fully saturated rings. The molecule has 1 aliphatic rings. The molecule has 2 N–H and O–H groups in total. The van der Waals surface area contributed by atoms with E-state index >= 15 is 0 Å². The van der Waals surface area contributed by atoms with E-state index in [2.05, 4.69) is 16.7 Å². The normalized spacial score (nSPS) is 16.1. The fraction of sp³-hybridized carbons (Fsp3) is 0.200. The first kappa shape index (κ1) is 17.0. The number of thiophene rings is 2. The molecule has 1 aromatic carbocycles. The van der Waals surface area contributed by atoms with Gasteiger partial charge in [0.05, 0.1) is 9.88 Å². The van der Waals surface area contributed by atoms with Gasteiger partial charge in [-0.3, -0.25) is 9.59 Å². The second-order valence-electron chi connectivity index (χ2n) is 6.44. The van der Waals surface area contributed by atoms with Gasteiger partial charge in [0.25, 0.3) is 5.91 Å². The van der Waals surface area contributed by atoms with E-state index in [1.165, 1.54) is 11.3 Å². The second-order valence-corrected chi connectivity index (χ2v) is 8.44. The minimum Gasteiger partial charge on any atom is -0.321 e. The van der Waals surface area contributed by atoms with E-state index in [0.29, 0.717) is 11.3 Å². The van der Waals surface area contributed by atoms with Gasteiger partial charge < -0.3 is 10.6 Å². The average molecular weight is 383 g/mol. The minimum atomic E-state index is -0.134. The molecule has 0 unspecified atom stereocenters. The predicted octanol–water partition coefficient (Wildman–Crippen LogP) is 5.15. The average Bonchev–Trinajstić information content (AvgIpc) is 3.25. The fourth-order valence-electron chi connectivity index (χ4n) is 3.28. The molecule has 2 amide bonds. The highest BCUT2D eigenvalue weighted by molar-refractivity contribution is 7.18. The first-order valence-corrected chi connectivity index (χ1v) is 10.1. The van der Waals surface area contributed by atoms with Crippen LogP contribution in [0.1, 0.15) is 43.6 Å². The zero-order valence-electron chi connectivity index (χ0n) is 14.5. The minimum absolute atomic E-state index is 0.00245. The molecule has 1 atom stereocenters. The number of fused-ring (bicyclic) bond motifs is 1. The van der Waals surface area contributed by atoms with Gasteiger partial charge in [-0.15, -0.1) is 22.7 Å². The number of benzene rings is 1. The molecule has 0 aliphatic carbocycles. The zero-order valence-corrected chi connectivity index (χ0v) is 16.1. The van der Waals surface area contributed by atoms with Crippen LogP contribution >= 0.6 is 22.7 Å². The van der Waals surface area contributed by atoms with Crippen LogP contribution in [0.15, 0.2) is 41.8 Å². The first-order valence-electron chi connectivity index (χ1n) is 8.37. The van der Waals surface area contributed by atoms with Crippen molar-refractivity contribution in [2.45, 2.75) is 26.2 Å². The van der Waals surface area contributed by atoms with E-state index in [1.54, 1.807) is 11.3 Å². The lowest BCUT2D eigenvalue weighted by molar-refractivity contribution is -0.116. The largest absolute Gasteiger partial charge is 0.321 e. The maximum absolute atomic E-state index is 12.8. The van der Waals surface area contributed by atoms with Gasteiger partial charge in [0, 0.05) is 22.9 Å². The van der Waals surface area contributed by atoms with E-state index < -0.39 is 0 Å². The number of hydrogen-bond acceptors (Lipinski definition) is 4. The SMILES string of the molecule is Cc1ccc(NC(=O)c2sc3c(c2C)[C@@H](c2cccs2)CC(=O)N3)cc1.